The van der Waals surface area contributed by atoms with Crippen LogP contribution in [0, 0.1) is 0 Å². The van der Waals surface area contributed by atoms with Gasteiger partial charge in [-0.15, -0.1) is 11.3 Å². The Hall–Kier alpha value is -1.89. The summed E-state index contributed by atoms with van der Waals surface area (Å²) in [5.74, 6) is -1.65. The predicted octanol–water partition coefficient (Wildman–Crippen LogP) is 1.22. The van der Waals surface area contributed by atoms with Gasteiger partial charge in [-0.05, 0) is 18.4 Å². The SMILES string of the molecule is CC1(C(=O)O)c2sccc2C(=O)CN1C(=O)O. The largest absolute Gasteiger partial charge is 0.479 e. The molecule has 1 unspecified atom stereocenters. The molecule has 1 atom stereocenters. The van der Waals surface area contributed by atoms with Crippen molar-refractivity contribution >= 4 is 29.2 Å². The molecule has 1 aliphatic rings. The maximum Gasteiger partial charge on any atom is 0.408 e. The Morgan fingerprint density at radius 3 is 2.65 bits per heavy atom. The predicted molar refractivity (Wildman–Crippen MR) is 58.4 cm³/mol. The fraction of sp³-hybridized carbons (Fsp3) is 0.300. The number of rotatable bonds is 1. The minimum Gasteiger partial charge on any atom is -0.479 e. The van der Waals surface area contributed by atoms with E-state index in [2.05, 4.69) is 0 Å². The number of hydrogen-bond donors (Lipinski definition) is 2. The average Bonchev–Trinajstić information content (AvgIpc) is 2.72. The number of thiophene rings is 1. The highest BCUT2D eigenvalue weighted by molar-refractivity contribution is 7.10. The molecule has 1 aromatic rings. The number of Topliss-reactive ketones (excluding diaryl/α,β-unsaturated/α-hetero) is 1. The molecule has 2 rings (SSSR count). The first kappa shape index (κ1) is 11.6. The second-order valence-corrected chi connectivity index (χ2v) is 4.75. The van der Waals surface area contributed by atoms with Crippen LogP contribution in [0.25, 0.3) is 0 Å². The van der Waals surface area contributed by atoms with Gasteiger partial charge in [-0.1, -0.05) is 0 Å². The Labute approximate surface area is 100 Å². The highest BCUT2D eigenvalue weighted by Gasteiger charge is 2.51. The van der Waals surface area contributed by atoms with Crippen LogP contribution in [-0.2, 0) is 10.3 Å². The van der Waals surface area contributed by atoms with Crippen LogP contribution in [0.4, 0.5) is 4.79 Å². The van der Waals surface area contributed by atoms with E-state index in [1.165, 1.54) is 13.0 Å². The van der Waals surface area contributed by atoms with Crippen molar-refractivity contribution < 1.29 is 24.6 Å². The zero-order valence-corrected chi connectivity index (χ0v) is 9.65. The van der Waals surface area contributed by atoms with Gasteiger partial charge in [0.25, 0.3) is 0 Å². The Kier molecular flexibility index (Phi) is 2.43. The Bertz CT molecular complexity index is 523. The van der Waals surface area contributed by atoms with Crippen LogP contribution in [0.1, 0.15) is 22.2 Å². The molecule has 17 heavy (non-hydrogen) atoms. The monoisotopic (exact) mass is 255 g/mol. The molecule has 0 aliphatic carbocycles. The number of carboxylic acids is 1. The summed E-state index contributed by atoms with van der Waals surface area (Å²) < 4.78 is 0. The van der Waals surface area contributed by atoms with Crippen molar-refractivity contribution in [3.63, 3.8) is 0 Å². The fourth-order valence-corrected chi connectivity index (χ4v) is 2.96. The van der Waals surface area contributed by atoms with Crippen LogP contribution in [0.5, 0.6) is 0 Å². The lowest BCUT2D eigenvalue weighted by Gasteiger charge is -2.38. The van der Waals surface area contributed by atoms with Gasteiger partial charge in [-0.3, -0.25) is 9.69 Å². The molecule has 0 bridgehead atoms. The second kappa shape index (κ2) is 3.56. The number of carbonyl (C=O) groups is 3. The quantitative estimate of drug-likeness (QED) is 0.786. The van der Waals surface area contributed by atoms with Crippen molar-refractivity contribution in [2.24, 2.45) is 0 Å². The summed E-state index contributed by atoms with van der Waals surface area (Å²) in [5, 5.41) is 19.9. The maximum absolute atomic E-state index is 11.7. The third kappa shape index (κ3) is 1.42. The topological polar surface area (TPSA) is 94.9 Å². The first-order valence-corrected chi connectivity index (χ1v) is 5.62. The fourth-order valence-electron chi connectivity index (χ4n) is 1.89. The lowest BCUT2D eigenvalue weighted by atomic mass is 9.89. The van der Waals surface area contributed by atoms with E-state index in [1.807, 2.05) is 0 Å². The number of aliphatic carboxylic acids is 1. The standard InChI is InChI=1S/C10H9NO5S/c1-10(8(13)14)7-5(2-3-17-7)6(12)4-11(10)9(15)16/h2-3H,4H2,1H3,(H,13,14)(H,15,16). The number of hydrogen-bond acceptors (Lipinski definition) is 4. The highest BCUT2D eigenvalue weighted by Crippen LogP contribution is 2.39. The Balaban J connectivity index is 2.67. The van der Waals surface area contributed by atoms with E-state index in [0.717, 1.165) is 11.3 Å². The molecule has 1 aromatic heterocycles. The van der Waals surface area contributed by atoms with E-state index >= 15 is 0 Å². The number of ketones is 1. The van der Waals surface area contributed by atoms with Gasteiger partial charge in [0.05, 0.1) is 11.4 Å². The Morgan fingerprint density at radius 2 is 2.12 bits per heavy atom. The lowest BCUT2D eigenvalue weighted by Crippen LogP contribution is -2.56. The molecule has 0 aromatic carbocycles. The number of carboxylic acid groups (broad SMARTS) is 2. The second-order valence-electron chi connectivity index (χ2n) is 3.83. The molecule has 0 fully saturated rings. The molecule has 7 heteroatoms. The molecule has 0 spiro atoms. The van der Waals surface area contributed by atoms with Gasteiger partial charge in [-0.2, -0.15) is 0 Å². The summed E-state index contributed by atoms with van der Waals surface area (Å²) >= 11 is 1.08. The summed E-state index contributed by atoms with van der Waals surface area (Å²) in [5.41, 5.74) is -1.39. The van der Waals surface area contributed by atoms with Crippen molar-refractivity contribution in [3.05, 3.63) is 21.9 Å². The normalized spacial score (nSPS) is 23.4. The van der Waals surface area contributed by atoms with E-state index in [9.17, 15) is 19.5 Å². The van der Waals surface area contributed by atoms with Crippen molar-refractivity contribution in [2.75, 3.05) is 6.54 Å². The molecule has 6 nitrogen and oxygen atoms in total. The summed E-state index contributed by atoms with van der Waals surface area (Å²) in [7, 11) is 0. The molecule has 2 heterocycles. The molecular formula is C10H9NO5S. The first-order chi connectivity index (χ1) is 7.89. The zero-order chi connectivity index (χ0) is 12.8. The van der Waals surface area contributed by atoms with Crippen molar-refractivity contribution in [1.82, 2.24) is 4.90 Å². The van der Waals surface area contributed by atoms with Gasteiger partial charge in [0, 0.05) is 5.56 Å². The van der Waals surface area contributed by atoms with Crippen LogP contribution in [0.2, 0.25) is 0 Å². The van der Waals surface area contributed by atoms with Crippen LogP contribution in [0.3, 0.4) is 0 Å². The van der Waals surface area contributed by atoms with Crippen molar-refractivity contribution in [1.29, 1.82) is 0 Å². The van der Waals surface area contributed by atoms with Crippen LogP contribution >= 0.6 is 11.3 Å². The summed E-state index contributed by atoms with van der Waals surface area (Å²) in [6.45, 7) is 0.868. The smallest absolute Gasteiger partial charge is 0.408 e. The molecule has 0 radical (unpaired) electrons. The molecule has 90 valence electrons. The van der Waals surface area contributed by atoms with Gasteiger partial charge in [0.15, 0.2) is 11.3 Å². The third-order valence-electron chi connectivity index (χ3n) is 2.90. The molecule has 0 saturated carbocycles. The Morgan fingerprint density at radius 1 is 1.47 bits per heavy atom. The van der Waals surface area contributed by atoms with Crippen LogP contribution in [0.15, 0.2) is 11.4 Å². The van der Waals surface area contributed by atoms with Gasteiger partial charge in [-0.25, -0.2) is 9.59 Å². The number of carbonyl (C=O) groups excluding carboxylic acids is 1. The van der Waals surface area contributed by atoms with E-state index in [4.69, 9.17) is 5.11 Å². The van der Waals surface area contributed by atoms with Gasteiger partial charge in [0.2, 0.25) is 0 Å². The third-order valence-corrected chi connectivity index (χ3v) is 4.02. The highest BCUT2D eigenvalue weighted by atomic mass is 32.1. The van der Waals surface area contributed by atoms with Gasteiger partial charge >= 0.3 is 12.1 Å². The number of amides is 1. The number of fused-ring (bicyclic) bond motifs is 1. The maximum atomic E-state index is 11.7. The zero-order valence-electron chi connectivity index (χ0n) is 8.84. The average molecular weight is 255 g/mol. The summed E-state index contributed by atoms with van der Waals surface area (Å²) in [4.78, 5) is 35.0. The lowest BCUT2D eigenvalue weighted by molar-refractivity contribution is -0.149. The minimum absolute atomic E-state index is 0.267. The molecular weight excluding hydrogens is 246 g/mol. The van der Waals surface area contributed by atoms with E-state index < -0.39 is 24.1 Å². The molecule has 0 saturated heterocycles. The first-order valence-electron chi connectivity index (χ1n) is 4.74. The van der Waals surface area contributed by atoms with E-state index in [1.54, 1.807) is 5.38 Å². The van der Waals surface area contributed by atoms with Crippen LogP contribution < -0.4 is 0 Å². The van der Waals surface area contributed by atoms with E-state index in [-0.39, 0.29) is 10.7 Å². The van der Waals surface area contributed by atoms with Crippen molar-refractivity contribution in [3.8, 4) is 0 Å². The van der Waals surface area contributed by atoms with Crippen LogP contribution in [-0.4, -0.2) is 39.5 Å². The molecule has 1 amide bonds. The van der Waals surface area contributed by atoms with Gasteiger partial charge < -0.3 is 10.2 Å². The van der Waals surface area contributed by atoms with E-state index in [0.29, 0.717) is 10.5 Å². The molecule has 1 aliphatic heterocycles. The minimum atomic E-state index is -1.69. The number of nitrogens with zero attached hydrogens (tertiary/aromatic N) is 1. The summed E-state index contributed by atoms with van der Waals surface area (Å²) in [6.07, 6.45) is -1.41. The van der Waals surface area contributed by atoms with Gasteiger partial charge in [0.1, 0.15) is 0 Å². The van der Waals surface area contributed by atoms with Crippen molar-refractivity contribution in [2.45, 2.75) is 12.5 Å². The summed E-state index contributed by atoms with van der Waals surface area (Å²) in [6, 6.07) is 1.53. The molecule has 2 N–H and O–H groups in total.